The predicted octanol–water partition coefficient (Wildman–Crippen LogP) is 4.50. The number of carbonyl (C=O) groups excluding carboxylic acids is 2. The number of amidine groups is 1. The lowest BCUT2D eigenvalue weighted by atomic mass is 10.2. The smallest absolute Gasteiger partial charge is 0.337 e. The number of ether oxygens (including phenoxy) is 3. The van der Waals surface area contributed by atoms with Crippen LogP contribution >= 0.6 is 11.8 Å². The average molecular weight is 441 g/mol. The number of hydrogen-bond acceptors (Lipinski definition) is 7. The van der Waals surface area contributed by atoms with E-state index in [1.54, 1.807) is 36.3 Å². The lowest BCUT2D eigenvalue weighted by molar-refractivity contribution is -0.122. The molecule has 1 aliphatic rings. The standard InChI is InChI=1S/C23H24N2O5S/c1-5-25-21(26)20(14-15-7-12-18(28-3)19(13-15)30-6-2)31-23(25)24-17-10-8-16(9-11-17)22(27)29-4/h7-14H,5-6H2,1-4H3. The van der Waals surface area contributed by atoms with Crippen LogP contribution in [0.3, 0.4) is 0 Å². The molecule has 0 spiro atoms. The molecular formula is C23H24N2O5S. The summed E-state index contributed by atoms with van der Waals surface area (Å²) in [4.78, 5) is 31.3. The largest absolute Gasteiger partial charge is 0.493 e. The molecule has 0 aliphatic carbocycles. The van der Waals surface area contributed by atoms with E-state index in [1.165, 1.54) is 18.9 Å². The summed E-state index contributed by atoms with van der Waals surface area (Å²) in [6.45, 7) is 4.81. The molecule has 1 aliphatic heterocycles. The Morgan fingerprint density at radius 2 is 1.84 bits per heavy atom. The van der Waals surface area contributed by atoms with Gasteiger partial charge in [0, 0.05) is 6.54 Å². The Balaban J connectivity index is 1.88. The molecule has 31 heavy (non-hydrogen) atoms. The summed E-state index contributed by atoms with van der Waals surface area (Å²) in [6, 6.07) is 12.3. The van der Waals surface area contributed by atoms with Gasteiger partial charge in [-0.15, -0.1) is 0 Å². The van der Waals surface area contributed by atoms with Gasteiger partial charge in [-0.3, -0.25) is 9.69 Å². The molecule has 1 saturated heterocycles. The molecule has 1 amide bonds. The SMILES string of the molecule is CCOc1cc(C=C2SC(=Nc3ccc(C(=O)OC)cc3)N(CC)C2=O)ccc1OC. The highest BCUT2D eigenvalue weighted by Crippen LogP contribution is 2.35. The molecule has 2 aromatic rings. The van der Waals surface area contributed by atoms with E-state index in [0.717, 1.165) is 5.56 Å². The number of thioether (sulfide) groups is 1. The van der Waals surface area contributed by atoms with Crippen molar-refractivity contribution in [2.24, 2.45) is 4.99 Å². The van der Waals surface area contributed by atoms with Crippen molar-refractivity contribution in [2.45, 2.75) is 13.8 Å². The van der Waals surface area contributed by atoms with E-state index in [9.17, 15) is 9.59 Å². The molecule has 162 valence electrons. The second-order valence-electron chi connectivity index (χ2n) is 6.44. The van der Waals surface area contributed by atoms with Crippen molar-refractivity contribution >= 4 is 40.6 Å². The Labute approximate surface area is 185 Å². The normalized spacial score (nSPS) is 16.1. The van der Waals surface area contributed by atoms with Gasteiger partial charge in [-0.05, 0) is 73.6 Å². The quantitative estimate of drug-likeness (QED) is 0.466. The highest BCUT2D eigenvalue weighted by Gasteiger charge is 2.32. The number of hydrogen-bond donors (Lipinski definition) is 0. The lowest BCUT2D eigenvalue weighted by Gasteiger charge is -2.12. The van der Waals surface area contributed by atoms with Gasteiger partial charge < -0.3 is 14.2 Å². The molecule has 7 nitrogen and oxygen atoms in total. The molecule has 0 bridgehead atoms. The van der Waals surface area contributed by atoms with Gasteiger partial charge in [0.2, 0.25) is 0 Å². The minimum atomic E-state index is -0.407. The molecule has 1 fully saturated rings. The summed E-state index contributed by atoms with van der Waals surface area (Å²) in [5.74, 6) is 0.756. The molecule has 0 saturated carbocycles. The maximum absolute atomic E-state index is 12.9. The van der Waals surface area contributed by atoms with Gasteiger partial charge >= 0.3 is 5.97 Å². The molecule has 2 aromatic carbocycles. The minimum Gasteiger partial charge on any atom is -0.493 e. The second-order valence-corrected chi connectivity index (χ2v) is 7.45. The Hall–Kier alpha value is -3.26. The van der Waals surface area contributed by atoms with Crippen LogP contribution in [0, 0.1) is 0 Å². The summed E-state index contributed by atoms with van der Waals surface area (Å²) in [7, 11) is 2.93. The Bertz CT molecular complexity index is 1030. The highest BCUT2D eigenvalue weighted by atomic mass is 32.2. The molecule has 0 aromatic heterocycles. The van der Waals surface area contributed by atoms with Crippen molar-refractivity contribution in [3.05, 3.63) is 58.5 Å². The number of nitrogens with zero attached hydrogens (tertiary/aromatic N) is 2. The number of carbonyl (C=O) groups is 2. The Kier molecular flexibility index (Phi) is 7.36. The minimum absolute atomic E-state index is 0.105. The van der Waals surface area contributed by atoms with Crippen molar-refractivity contribution in [1.29, 1.82) is 0 Å². The summed E-state index contributed by atoms with van der Waals surface area (Å²) in [6.07, 6.45) is 1.82. The third-order valence-electron chi connectivity index (χ3n) is 4.50. The lowest BCUT2D eigenvalue weighted by Crippen LogP contribution is -2.28. The maximum Gasteiger partial charge on any atom is 0.337 e. The zero-order valence-electron chi connectivity index (χ0n) is 17.9. The molecule has 8 heteroatoms. The van der Waals surface area contributed by atoms with Crippen LogP contribution in [-0.4, -0.2) is 49.3 Å². The number of methoxy groups -OCH3 is 2. The van der Waals surface area contributed by atoms with E-state index < -0.39 is 5.97 Å². The van der Waals surface area contributed by atoms with Crippen LogP contribution < -0.4 is 9.47 Å². The van der Waals surface area contributed by atoms with Crippen molar-refractivity contribution in [1.82, 2.24) is 4.90 Å². The highest BCUT2D eigenvalue weighted by molar-refractivity contribution is 8.18. The van der Waals surface area contributed by atoms with Gasteiger partial charge in [0.1, 0.15) is 0 Å². The average Bonchev–Trinajstić information content (AvgIpc) is 3.07. The summed E-state index contributed by atoms with van der Waals surface area (Å²) < 4.78 is 15.7. The third kappa shape index (κ3) is 5.08. The summed E-state index contributed by atoms with van der Waals surface area (Å²) in [5, 5.41) is 0.586. The van der Waals surface area contributed by atoms with Gasteiger partial charge in [0.05, 0.1) is 37.0 Å². The van der Waals surface area contributed by atoms with Crippen LogP contribution in [0.1, 0.15) is 29.8 Å². The van der Waals surface area contributed by atoms with E-state index in [1.807, 2.05) is 38.1 Å². The number of esters is 1. The topological polar surface area (TPSA) is 77.4 Å². The van der Waals surface area contributed by atoms with Crippen molar-refractivity contribution in [3.8, 4) is 11.5 Å². The Morgan fingerprint density at radius 3 is 2.45 bits per heavy atom. The van der Waals surface area contributed by atoms with E-state index in [-0.39, 0.29) is 5.91 Å². The van der Waals surface area contributed by atoms with E-state index in [4.69, 9.17) is 14.2 Å². The number of likely N-dealkylation sites (N-methyl/N-ethyl adjacent to an activating group) is 1. The van der Waals surface area contributed by atoms with E-state index >= 15 is 0 Å². The second kappa shape index (κ2) is 10.2. The van der Waals surface area contributed by atoms with Crippen LogP contribution in [0.25, 0.3) is 6.08 Å². The third-order valence-corrected chi connectivity index (χ3v) is 5.51. The van der Waals surface area contributed by atoms with Crippen LogP contribution in [0.5, 0.6) is 11.5 Å². The molecule has 3 rings (SSSR count). The molecule has 0 N–H and O–H groups in total. The first-order valence-corrected chi connectivity index (χ1v) is 10.6. The monoisotopic (exact) mass is 440 g/mol. The fourth-order valence-corrected chi connectivity index (χ4v) is 4.04. The molecule has 0 radical (unpaired) electrons. The first-order valence-electron chi connectivity index (χ1n) is 9.80. The van der Waals surface area contributed by atoms with E-state index in [2.05, 4.69) is 4.99 Å². The predicted molar refractivity (Wildman–Crippen MR) is 122 cm³/mol. The van der Waals surface area contributed by atoms with E-state index in [0.29, 0.717) is 46.0 Å². The first-order chi connectivity index (χ1) is 15.0. The fourth-order valence-electron chi connectivity index (χ4n) is 2.97. The van der Waals surface area contributed by atoms with Gasteiger partial charge in [0.15, 0.2) is 16.7 Å². The number of rotatable bonds is 7. The van der Waals surface area contributed by atoms with Crippen molar-refractivity contribution in [2.75, 3.05) is 27.4 Å². The maximum atomic E-state index is 12.9. The van der Waals surface area contributed by atoms with Gasteiger partial charge in [-0.1, -0.05) is 6.07 Å². The van der Waals surface area contributed by atoms with Crippen molar-refractivity contribution < 1.29 is 23.8 Å². The van der Waals surface area contributed by atoms with Gasteiger partial charge in [-0.25, -0.2) is 9.79 Å². The molecule has 0 unspecified atom stereocenters. The number of amides is 1. The van der Waals surface area contributed by atoms with Crippen molar-refractivity contribution in [3.63, 3.8) is 0 Å². The first kappa shape index (κ1) is 22.4. The van der Waals surface area contributed by atoms with Gasteiger partial charge in [0.25, 0.3) is 5.91 Å². The zero-order chi connectivity index (χ0) is 22.4. The van der Waals surface area contributed by atoms with Crippen LogP contribution in [0.4, 0.5) is 5.69 Å². The summed E-state index contributed by atoms with van der Waals surface area (Å²) in [5.41, 5.74) is 1.92. The fraction of sp³-hybridized carbons (Fsp3) is 0.261. The van der Waals surface area contributed by atoms with Crippen LogP contribution in [0.2, 0.25) is 0 Å². The molecule has 1 heterocycles. The van der Waals surface area contributed by atoms with Crippen LogP contribution in [0.15, 0.2) is 52.4 Å². The number of aliphatic imine (C=N–C) groups is 1. The number of benzene rings is 2. The molecular weight excluding hydrogens is 416 g/mol. The van der Waals surface area contributed by atoms with Crippen LogP contribution in [-0.2, 0) is 9.53 Å². The molecule has 0 atom stereocenters. The van der Waals surface area contributed by atoms with Gasteiger partial charge in [-0.2, -0.15) is 0 Å². The summed E-state index contributed by atoms with van der Waals surface area (Å²) >= 11 is 1.31. The Morgan fingerprint density at radius 1 is 1.10 bits per heavy atom. The zero-order valence-corrected chi connectivity index (χ0v) is 18.7.